The quantitative estimate of drug-likeness (QED) is 0.258. The third-order valence-electron chi connectivity index (χ3n) is 7.35. The Kier molecular flexibility index (Phi) is 11.6. The average Bonchev–Trinajstić information content (AvgIpc) is 3.33. The highest BCUT2D eigenvalue weighted by molar-refractivity contribution is 8.14. The van der Waals surface area contributed by atoms with Crippen LogP contribution >= 0.6 is 23.5 Å². The van der Waals surface area contributed by atoms with Gasteiger partial charge in [-0.15, -0.1) is 0 Å². The van der Waals surface area contributed by atoms with E-state index in [1.807, 2.05) is 19.1 Å². The second-order valence-electron chi connectivity index (χ2n) is 10.6. The molecule has 1 aromatic heterocycles. The lowest BCUT2D eigenvalue weighted by molar-refractivity contribution is 0.0938. The Morgan fingerprint density at radius 3 is 2.71 bits per heavy atom. The van der Waals surface area contributed by atoms with E-state index < -0.39 is 0 Å². The summed E-state index contributed by atoms with van der Waals surface area (Å²) in [5.74, 6) is 0.678. The molecule has 0 spiro atoms. The molecule has 0 bridgehead atoms. The molecule has 8 heteroatoms. The zero-order valence-electron chi connectivity index (χ0n) is 23.9. The largest absolute Gasteiger partial charge is 0.350 e. The van der Waals surface area contributed by atoms with Crippen LogP contribution in [0.15, 0.2) is 73.1 Å². The number of benzene rings is 2. The first-order chi connectivity index (χ1) is 19.8. The zero-order valence-corrected chi connectivity index (χ0v) is 25.5. The number of halogens is 1. The monoisotopic (exact) mass is 591 g/mol. The van der Waals surface area contributed by atoms with Crippen LogP contribution in [0.2, 0.25) is 0 Å². The summed E-state index contributed by atoms with van der Waals surface area (Å²) in [6, 6.07) is 16.5. The molecule has 5 nitrogen and oxygen atoms in total. The first-order valence-electron chi connectivity index (χ1n) is 14.0. The number of likely N-dealkylation sites (tertiary alicyclic amines) is 1. The first kappa shape index (κ1) is 31.0. The number of aromatic nitrogens is 1. The molecule has 1 saturated heterocycles. The number of pyridine rings is 1. The summed E-state index contributed by atoms with van der Waals surface area (Å²) in [7, 11) is 2.08. The number of aryl methyl sites for hydroxylation is 2. The smallest absolute Gasteiger partial charge is 0.251 e. The maximum Gasteiger partial charge on any atom is 0.251 e. The molecule has 1 aliphatic heterocycles. The average molecular weight is 592 g/mol. The fraction of sp³-hybridized carbons (Fsp3) is 0.364. The van der Waals surface area contributed by atoms with Gasteiger partial charge in [0.1, 0.15) is 5.82 Å². The van der Waals surface area contributed by atoms with Crippen molar-refractivity contribution in [2.75, 3.05) is 25.6 Å². The van der Waals surface area contributed by atoms with Crippen LogP contribution in [0.1, 0.15) is 57.2 Å². The van der Waals surface area contributed by atoms with E-state index >= 15 is 0 Å². The summed E-state index contributed by atoms with van der Waals surface area (Å²) < 4.78 is 13.3. The lowest BCUT2D eigenvalue weighted by atomic mass is 9.96. The number of rotatable bonds is 12. The molecule has 41 heavy (non-hydrogen) atoms. The van der Waals surface area contributed by atoms with Crippen molar-refractivity contribution in [2.24, 2.45) is 0 Å². The van der Waals surface area contributed by atoms with Gasteiger partial charge in [0.2, 0.25) is 5.12 Å². The van der Waals surface area contributed by atoms with Crippen molar-refractivity contribution in [2.45, 2.75) is 49.9 Å². The van der Waals surface area contributed by atoms with Crippen LogP contribution in [0, 0.1) is 5.82 Å². The van der Waals surface area contributed by atoms with E-state index in [1.165, 1.54) is 23.9 Å². The van der Waals surface area contributed by atoms with Gasteiger partial charge in [-0.05, 0) is 98.7 Å². The lowest BCUT2D eigenvalue weighted by Crippen LogP contribution is -2.33. The molecule has 4 rings (SSSR count). The molecule has 0 unspecified atom stereocenters. The van der Waals surface area contributed by atoms with E-state index in [4.69, 9.17) is 0 Å². The fourth-order valence-electron chi connectivity index (χ4n) is 4.94. The van der Waals surface area contributed by atoms with Crippen LogP contribution < -0.4 is 5.32 Å². The summed E-state index contributed by atoms with van der Waals surface area (Å²) in [6.07, 6.45) is 12.8. The maximum absolute atomic E-state index is 13.4. The SMILES string of the molecule is CSCC[C@@H](C)NC(=O)c1cc(/C=C/[C@@H]2C[C@H](SC(=O)c3cccnc3)CN2C)ccc1CCc1ccc(F)cc1. The summed E-state index contributed by atoms with van der Waals surface area (Å²) in [4.78, 5) is 32.4. The molecule has 0 radical (unpaired) electrons. The Bertz CT molecular complexity index is 1330. The summed E-state index contributed by atoms with van der Waals surface area (Å²) in [6.45, 7) is 2.87. The molecule has 216 valence electrons. The van der Waals surface area contributed by atoms with Gasteiger partial charge in [-0.25, -0.2) is 4.39 Å². The molecule has 3 atom stereocenters. The topological polar surface area (TPSA) is 62.3 Å². The van der Waals surface area contributed by atoms with E-state index in [9.17, 15) is 14.0 Å². The van der Waals surface area contributed by atoms with E-state index in [0.717, 1.165) is 48.3 Å². The number of carbonyl (C=O) groups is 2. The second-order valence-corrected chi connectivity index (χ2v) is 12.8. The van der Waals surface area contributed by atoms with Crippen LogP contribution in [-0.2, 0) is 12.8 Å². The summed E-state index contributed by atoms with van der Waals surface area (Å²) in [5.41, 5.74) is 4.29. The Balaban J connectivity index is 1.45. The Morgan fingerprint density at radius 1 is 1.17 bits per heavy atom. The van der Waals surface area contributed by atoms with E-state index in [-0.39, 0.29) is 34.2 Å². The van der Waals surface area contributed by atoms with Gasteiger partial charge in [0.05, 0.1) is 0 Å². The van der Waals surface area contributed by atoms with E-state index in [1.54, 1.807) is 48.4 Å². The molecule has 1 fully saturated rings. The highest BCUT2D eigenvalue weighted by Crippen LogP contribution is 2.30. The summed E-state index contributed by atoms with van der Waals surface area (Å²) >= 11 is 3.16. The van der Waals surface area contributed by atoms with Gasteiger partial charge in [0.25, 0.3) is 5.91 Å². The van der Waals surface area contributed by atoms with Crippen molar-refractivity contribution in [1.82, 2.24) is 15.2 Å². The highest BCUT2D eigenvalue weighted by atomic mass is 32.2. The van der Waals surface area contributed by atoms with Crippen LogP contribution in [0.25, 0.3) is 6.08 Å². The predicted molar refractivity (Wildman–Crippen MR) is 170 cm³/mol. The number of carbonyl (C=O) groups excluding carboxylic acids is 2. The normalized spacial score (nSPS) is 18.0. The number of hydrogen-bond donors (Lipinski definition) is 1. The Hall–Kier alpha value is -2.94. The molecule has 2 heterocycles. The maximum atomic E-state index is 13.4. The van der Waals surface area contributed by atoms with Gasteiger partial charge < -0.3 is 5.32 Å². The van der Waals surface area contributed by atoms with Gasteiger partial charge in [0, 0.05) is 47.4 Å². The number of nitrogens with one attached hydrogen (secondary N) is 1. The number of amides is 1. The lowest BCUT2D eigenvalue weighted by Gasteiger charge is -2.17. The van der Waals surface area contributed by atoms with Gasteiger partial charge in [-0.3, -0.25) is 19.5 Å². The number of hydrogen-bond acceptors (Lipinski definition) is 6. The van der Waals surface area contributed by atoms with Gasteiger partial charge in [-0.2, -0.15) is 11.8 Å². The molecular formula is C33H38FN3O2S2. The van der Waals surface area contributed by atoms with Crippen LogP contribution in [0.3, 0.4) is 0 Å². The Labute approximate surface area is 251 Å². The number of nitrogens with zero attached hydrogens (tertiary/aromatic N) is 2. The van der Waals surface area contributed by atoms with Crippen LogP contribution in [-0.4, -0.2) is 63.8 Å². The minimum Gasteiger partial charge on any atom is -0.350 e. The molecule has 3 aromatic rings. The van der Waals surface area contributed by atoms with Crippen molar-refractivity contribution in [3.05, 3.63) is 107 Å². The molecule has 1 aliphatic rings. The highest BCUT2D eigenvalue weighted by Gasteiger charge is 2.30. The minimum absolute atomic E-state index is 0.0553. The standard InChI is InChI=1S/C33H38FN3O2S2/c1-23(16-18-40-3)36-32(38)31-19-25(7-12-26(31)11-6-24-8-13-28(34)14-9-24)10-15-29-20-30(22-37(29)2)41-33(39)27-5-4-17-35-21-27/h4-5,7-10,12-15,17,19,21,23,29-30H,6,11,16,18,20,22H2,1-3H3,(H,36,38)/b15-10+/t23-,29-,30+/m1/s1. The summed E-state index contributed by atoms with van der Waals surface area (Å²) in [5, 5.41) is 3.44. The second kappa shape index (κ2) is 15.3. The van der Waals surface area contributed by atoms with Crippen LogP contribution in [0.4, 0.5) is 4.39 Å². The third kappa shape index (κ3) is 9.28. The minimum atomic E-state index is -0.248. The molecule has 0 aliphatic carbocycles. The van der Waals surface area contributed by atoms with Gasteiger partial charge >= 0.3 is 0 Å². The van der Waals surface area contributed by atoms with Crippen molar-refractivity contribution in [3.8, 4) is 0 Å². The van der Waals surface area contributed by atoms with Gasteiger partial charge in [0.15, 0.2) is 0 Å². The van der Waals surface area contributed by atoms with Crippen molar-refractivity contribution < 1.29 is 14.0 Å². The Morgan fingerprint density at radius 2 is 1.98 bits per heavy atom. The van der Waals surface area contributed by atoms with Gasteiger partial charge in [-0.1, -0.05) is 48.2 Å². The molecular weight excluding hydrogens is 554 g/mol. The number of likely N-dealkylation sites (N-methyl/N-ethyl adjacent to an activating group) is 1. The van der Waals surface area contributed by atoms with Crippen molar-refractivity contribution in [3.63, 3.8) is 0 Å². The molecule has 1 N–H and O–H groups in total. The molecule has 1 amide bonds. The van der Waals surface area contributed by atoms with E-state index in [0.29, 0.717) is 17.5 Å². The predicted octanol–water partition coefficient (Wildman–Crippen LogP) is 6.54. The molecule has 0 saturated carbocycles. The van der Waals surface area contributed by atoms with Crippen molar-refractivity contribution >= 4 is 40.6 Å². The molecule has 2 aromatic carbocycles. The number of thioether (sulfide) groups is 2. The van der Waals surface area contributed by atoms with Crippen molar-refractivity contribution in [1.29, 1.82) is 0 Å². The fourth-order valence-corrected chi connectivity index (χ4v) is 6.69. The van der Waals surface area contributed by atoms with E-state index in [2.05, 4.69) is 46.7 Å². The first-order valence-corrected chi connectivity index (χ1v) is 16.3. The zero-order chi connectivity index (χ0) is 29.2. The third-order valence-corrected chi connectivity index (χ3v) is 9.12. The van der Waals surface area contributed by atoms with Crippen LogP contribution in [0.5, 0.6) is 0 Å².